The predicted molar refractivity (Wildman–Crippen MR) is 78.4 cm³/mol. The van der Waals surface area contributed by atoms with E-state index in [1.165, 1.54) is 18.2 Å². The Kier molecular flexibility index (Phi) is 3.06. The molecule has 7 heteroatoms. The molecule has 0 radical (unpaired) electrons. The lowest BCUT2D eigenvalue weighted by atomic mass is 10.1. The van der Waals surface area contributed by atoms with Crippen LogP contribution in [0.5, 0.6) is 0 Å². The molecular weight excluding hydrogens is 340 g/mol. The number of fused-ring (bicyclic) bond motifs is 1. The van der Waals surface area contributed by atoms with E-state index in [4.69, 9.17) is 0 Å². The summed E-state index contributed by atoms with van der Waals surface area (Å²) in [7, 11) is 0. The van der Waals surface area contributed by atoms with Crippen molar-refractivity contribution in [2.45, 2.75) is 0 Å². The Bertz CT molecular complexity index is 803. The van der Waals surface area contributed by atoms with Crippen molar-refractivity contribution in [2.75, 3.05) is 4.90 Å². The summed E-state index contributed by atoms with van der Waals surface area (Å²) in [5.41, 5.74) is -0.102. The Hall–Kier alpha value is -2.54. The normalized spacial score (nSPS) is 13.5. The summed E-state index contributed by atoms with van der Waals surface area (Å²) in [5, 5.41) is 11.0. The minimum atomic E-state index is -0.680. The third kappa shape index (κ3) is 2.02. The fourth-order valence-electron chi connectivity index (χ4n) is 2.27. The zero-order chi connectivity index (χ0) is 15.1. The second-order valence-electron chi connectivity index (χ2n) is 4.38. The van der Waals surface area contributed by atoms with Crippen molar-refractivity contribution in [3.8, 4) is 0 Å². The number of halogens is 1. The van der Waals surface area contributed by atoms with Crippen LogP contribution in [0.2, 0.25) is 0 Å². The number of nitro benzene ring substituents is 1. The maximum Gasteiger partial charge on any atom is 0.283 e. The van der Waals surface area contributed by atoms with E-state index in [-0.39, 0.29) is 16.8 Å². The first kappa shape index (κ1) is 13.4. The van der Waals surface area contributed by atoms with Crippen molar-refractivity contribution in [2.24, 2.45) is 0 Å². The summed E-state index contributed by atoms with van der Waals surface area (Å²) < 4.78 is 0.700. The minimum absolute atomic E-state index is 0.0502. The van der Waals surface area contributed by atoms with Crippen LogP contribution in [0.25, 0.3) is 0 Å². The predicted octanol–water partition coefficient (Wildman–Crippen LogP) is 3.16. The Morgan fingerprint density at radius 2 is 1.76 bits per heavy atom. The highest BCUT2D eigenvalue weighted by molar-refractivity contribution is 9.10. The fourth-order valence-corrected chi connectivity index (χ4v) is 2.66. The molecule has 0 saturated carbocycles. The van der Waals surface area contributed by atoms with E-state index < -0.39 is 16.7 Å². The molecule has 0 bridgehead atoms. The summed E-state index contributed by atoms with van der Waals surface area (Å²) >= 11 is 3.26. The quantitative estimate of drug-likeness (QED) is 0.475. The molecule has 0 aromatic heterocycles. The van der Waals surface area contributed by atoms with Gasteiger partial charge in [0.25, 0.3) is 17.5 Å². The summed E-state index contributed by atoms with van der Waals surface area (Å²) in [6, 6.07) is 10.7. The van der Waals surface area contributed by atoms with E-state index >= 15 is 0 Å². The number of benzene rings is 2. The van der Waals surface area contributed by atoms with E-state index in [2.05, 4.69) is 15.9 Å². The Morgan fingerprint density at radius 3 is 2.43 bits per heavy atom. The van der Waals surface area contributed by atoms with Crippen LogP contribution in [-0.4, -0.2) is 16.7 Å². The summed E-state index contributed by atoms with van der Waals surface area (Å²) in [5.74, 6) is -1.24. The van der Waals surface area contributed by atoms with Crippen LogP contribution < -0.4 is 4.90 Å². The van der Waals surface area contributed by atoms with Crippen LogP contribution in [0.3, 0.4) is 0 Å². The average molecular weight is 347 g/mol. The molecule has 1 aliphatic rings. The van der Waals surface area contributed by atoms with Gasteiger partial charge in [-0.15, -0.1) is 0 Å². The van der Waals surface area contributed by atoms with Crippen molar-refractivity contribution >= 4 is 39.1 Å². The lowest BCUT2D eigenvalue weighted by molar-refractivity contribution is -0.385. The van der Waals surface area contributed by atoms with Gasteiger partial charge in [-0.3, -0.25) is 19.7 Å². The van der Waals surface area contributed by atoms with Crippen LogP contribution >= 0.6 is 15.9 Å². The van der Waals surface area contributed by atoms with E-state index in [1.54, 1.807) is 24.3 Å². The van der Waals surface area contributed by atoms with Crippen LogP contribution in [-0.2, 0) is 0 Å². The van der Waals surface area contributed by atoms with Gasteiger partial charge >= 0.3 is 0 Å². The molecule has 0 spiro atoms. The number of carbonyl (C=O) groups excluding carboxylic acids is 2. The molecule has 2 amide bonds. The number of nitrogens with zero attached hydrogens (tertiary/aromatic N) is 2. The third-order valence-corrected chi connectivity index (χ3v) is 3.65. The van der Waals surface area contributed by atoms with Crippen LogP contribution in [0.4, 0.5) is 11.4 Å². The molecule has 0 aliphatic carbocycles. The highest BCUT2D eigenvalue weighted by Crippen LogP contribution is 2.34. The van der Waals surface area contributed by atoms with E-state index in [1.807, 2.05) is 0 Å². The Balaban J connectivity index is 2.18. The van der Waals surface area contributed by atoms with Crippen molar-refractivity contribution in [3.05, 3.63) is 68.2 Å². The molecule has 21 heavy (non-hydrogen) atoms. The lowest BCUT2D eigenvalue weighted by Crippen LogP contribution is -2.29. The van der Waals surface area contributed by atoms with Gasteiger partial charge < -0.3 is 0 Å². The largest absolute Gasteiger partial charge is 0.283 e. The van der Waals surface area contributed by atoms with Crippen molar-refractivity contribution in [1.29, 1.82) is 0 Å². The van der Waals surface area contributed by atoms with Gasteiger partial charge in [0.05, 0.1) is 16.2 Å². The van der Waals surface area contributed by atoms with Crippen molar-refractivity contribution < 1.29 is 14.5 Å². The Morgan fingerprint density at radius 1 is 1.05 bits per heavy atom. The molecule has 0 N–H and O–H groups in total. The number of imide groups is 1. The van der Waals surface area contributed by atoms with Gasteiger partial charge in [-0.25, -0.2) is 4.90 Å². The number of anilines is 1. The molecule has 6 nitrogen and oxygen atoms in total. The average Bonchev–Trinajstić information content (AvgIpc) is 2.71. The van der Waals surface area contributed by atoms with Gasteiger partial charge in [-0.05, 0) is 24.3 Å². The molecule has 1 heterocycles. The Labute approximate surface area is 127 Å². The van der Waals surface area contributed by atoms with Crippen LogP contribution in [0, 0.1) is 10.1 Å². The summed E-state index contributed by atoms with van der Waals surface area (Å²) in [6.07, 6.45) is 0. The first-order valence-corrected chi connectivity index (χ1v) is 6.72. The fraction of sp³-hybridized carbons (Fsp3) is 0. The first-order chi connectivity index (χ1) is 10.0. The highest BCUT2D eigenvalue weighted by Gasteiger charge is 2.41. The molecular formula is C14H7BrN2O4. The van der Waals surface area contributed by atoms with E-state index in [0.29, 0.717) is 10.2 Å². The number of carbonyl (C=O) groups is 2. The van der Waals surface area contributed by atoms with Crippen LogP contribution in [0.15, 0.2) is 46.9 Å². The number of hydrogen-bond acceptors (Lipinski definition) is 4. The number of amides is 2. The monoisotopic (exact) mass is 346 g/mol. The van der Waals surface area contributed by atoms with Crippen molar-refractivity contribution in [3.63, 3.8) is 0 Å². The van der Waals surface area contributed by atoms with Crippen LogP contribution in [0.1, 0.15) is 20.7 Å². The first-order valence-electron chi connectivity index (χ1n) is 5.92. The molecule has 3 rings (SSSR count). The summed E-state index contributed by atoms with van der Waals surface area (Å²) in [4.78, 5) is 36.1. The molecule has 1 aliphatic heterocycles. The van der Waals surface area contributed by atoms with Crippen molar-refractivity contribution in [1.82, 2.24) is 0 Å². The maximum atomic E-state index is 12.4. The second kappa shape index (κ2) is 4.78. The molecule has 2 aromatic rings. The third-order valence-electron chi connectivity index (χ3n) is 3.16. The second-order valence-corrected chi connectivity index (χ2v) is 5.30. The van der Waals surface area contributed by atoms with Gasteiger partial charge in [0.15, 0.2) is 0 Å². The van der Waals surface area contributed by atoms with E-state index in [9.17, 15) is 19.7 Å². The van der Waals surface area contributed by atoms with Gasteiger partial charge in [-0.1, -0.05) is 28.1 Å². The minimum Gasteiger partial charge on any atom is -0.268 e. The smallest absolute Gasteiger partial charge is 0.268 e. The zero-order valence-corrected chi connectivity index (χ0v) is 12.0. The number of rotatable bonds is 2. The van der Waals surface area contributed by atoms with Gasteiger partial charge in [-0.2, -0.15) is 0 Å². The molecule has 104 valence electrons. The SMILES string of the molecule is O=C1c2cccc([N+](=O)[O-])c2C(=O)N1c1cccc(Br)c1. The molecule has 2 aromatic carbocycles. The summed E-state index contributed by atoms with van der Waals surface area (Å²) in [6.45, 7) is 0. The van der Waals surface area contributed by atoms with Gasteiger partial charge in [0.1, 0.15) is 5.56 Å². The topological polar surface area (TPSA) is 80.5 Å². The maximum absolute atomic E-state index is 12.4. The zero-order valence-electron chi connectivity index (χ0n) is 10.4. The van der Waals surface area contributed by atoms with Gasteiger partial charge in [0, 0.05) is 10.5 Å². The lowest BCUT2D eigenvalue weighted by Gasteiger charge is -2.13. The number of nitro groups is 1. The van der Waals surface area contributed by atoms with Gasteiger partial charge in [0.2, 0.25) is 0 Å². The standard InChI is InChI=1S/C14H7BrN2O4/c15-8-3-1-4-9(7-8)16-13(18)10-5-2-6-11(17(20)21)12(10)14(16)19/h1-7H. The highest BCUT2D eigenvalue weighted by atomic mass is 79.9. The van der Waals surface area contributed by atoms with E-state index in [0.717, 1.165) is 4.90 Å². The molecule has 0 unspecified atom stereocenters. The molecule has 0 atom stereocenters. The molecule has 0 fully saturated rings. The number of hydrogen-bond donors (Lipinski definition) is 0. The molecule has 0 saturated heterocycles.